The van der Waals surface area contributed by atoms with E-state index in [-0.39, 0.29) is 5.92 Å². The van der Waals surface area contributed by atoms with Crippen LogP contribution in [0, 0.1) is 11.8 Å². The Morgan fingerprint density at radius 3 is 1.92 bits per heavy atom. The number of barbiturate groups is 1. The third-order valence-electron chi connectivity index (χ3n) is 2.13. The third-order valence-corrected chi connectivity index (χ3v) is 2.13. The summed E-state index contributed by atoms with van der Waals surface area (Å²) in [5.41, 5.74) is 0. The van der Waals surface area contributed by atoms with Gasteiger partial charge in [0.25, 0.3) is 0 Å². The molecule has 0 aromatic heterocycles. The molecular formula is C7H8N2O3. The molecule has 5 nitrogen and oxygen atoms in total. The van der Waals surface area contributed by atoms with E-state index in [9.17, 15) is 14.4 Å². The summed E-state index contributed by atoms with van der Waals surface area (Å²) >= 11 is 0. The number of hydrogen-bond donors (Lipinski definition) is 2. The second-order valence-electron chi connectivity index (χ2n) is 3.12. The van der Waals surface area contributed by atoms with Crippen molar-refractivity contribution in [3.63, 3.8) is 0 Å². The van der Waals surface area contributed by atoms with E-state index in [4.69, 9.17) is 0 Å². The Labute approximate surface area is 68.5 Å². The summed E-state index contributed by atoms with van der Waals surface area (Å²) in [6, 6.07) is -0.707. The van der Waals surface area contributed by atoms with Crippen LogP contribution in [0.2, 0.25) is 0 Å². The second kappa shape index (κ2) is 2.30. The van der Waals surface area contributed by atoms with Gasteiger partial charge in [0.05, 0.1) is 0 Å². The van der Waals surface area contributed by atoms with E-state index >= 15 is 0 Å². The van der Waals surface area contributed by atoms with Crippen LogP contribution >= 0.6 is 0 Å². The number of nitrogens with one attached hydrogen (secondary N) is 2. The molecule has 0 atom stereocenters. The quantitative estimate of drug-likeness (QED) is 0.512. The van der Waals surface area contributed by atoms with Crippen molar-refractivity contribution in [3.05, 3.63) is 0 Å². The van der Waals surface area contributed by atoms with Gasteiger partial charge < -0.3 is 0 Å². The molecule has 1 saturated heterocycles. The van der Waals surface area contributed by atoms with Crippen LogP contribution in [0.3, 0.4) is 0 Å². The van der Waals surface area contributed by atoms with Gasteiger partial charge in [-0.15, -0.1) is 0 Å². The lowest BCUT2D eigenvalue weighted by atomic mass is 10.0. The van der Waals surface area contributed by atoms with E-state index < -0.39 is 23.8 Å². The zero-order chi connectivity index (χ0) is 8.72. The van der Waals surface area contributed by atoms with Crippen LogP contribution in [0.5, 0.6) is 0 Å². The SMILES string of the molecule is O=C1NC(=O)C(C2CC2)C(=O)N1. The lowest BCUT2D eigenvalue weighted by Gasteiger charge is -2.19. The van der Waals surface area contributed by atoms with Crippen molar-refractivity contribution < 1.29 is 14.4 Å². The summed E-state index contributed by atoms with van der Waals surface area (Å²) in [5.74, 6) is -1.39. The first-order chi connectivity index (χ1) is 5.68. The van der Waals surface area contributed by atoms with E-state index in [1.54, 1.807) is 0 Å². The van der Waals surface area contributed by atoms with Gasteiger partial charge >= 0.3 is 6.03 Å². The summed E-state index contributed by atoms with van der Waals surface area (Å²) < 4.78 is 0. The number of hydrogen-bond acceptors (Lipinski definition) is 3. The van der Waals surface area contributed by atoms with E-state index in [0.29, 0.717) is 0 Å². The molecule has 12 heavy (non-hydrogen) atoms. The van der Waals surface area contributed by atoms with E-state index in [1.165, 1.54) is 0 Å². The highest BCUT2D eigenvalue weighted by Crippen LogP contribution is 2.37. The van der Waals surface area contributed by atoms with E-state index in [2.05, 4.69) is 10.6 Å². The first-order valence-corrected chi connectivity index (χ1v) is 3.84. The zero-order valence-electron chi connectivity index (χ0n) is 6.29. The molecule has 1 aliphatic carbocycles. The molecule has 0 spiro atoms. The van der Waals surface area contributed by atoms with Gasteiger partial charge in [0.2, 0.25) is 11.8 Å². The Balaban J connectivity index is 2.15. The van der Waals surface area contributed by atoms with Crippen molar-refractivity contribution in [2.75, 3.05) is 0 Å². The molecular weight excluding hydrogens is 160 g/mol. The summed E-state index contributed by atoms with van der Waals surface area (Å²) in [4.78, 5) is 32.8. The molecule has 0 radical (unpaired) electrons. The molecule has 0 unspecified atom stereocenters. The van der Waals surface area contributed by atoms with Crippen LogP contribution in [-0.4, -0.2) is 17.8 Å². The molecule has 4 amide bonds. The lowest BCUT2D eigenvalue weighted by Crippen LogP contribution is -2.56. The highest BCUT2D eigenvalue weighted by atomic mass is 16.2. The number of carbonyl (C=O) groups is 3. The summed E-state index contributed by atoms with van der Waals surface area (Å²) in [6.45, 7) is 0. The highest BCUT2D eigenvalue weighted by Gasteiger charge is 2.44. The van der Waals surface area contributed by atoms with Crippen LogP contribution in [-0.2, 0) is 9.59 Å². The van der Waals surface area contributed by atoms with Gasteiger partial charge in [-0.25, -0.2) is 4.79 Å². The fourth-order valence-corrected chi connectivity index (χ4v) is 1.39. The van der Waals surface area contributed by atoms with Gasteiger partial charge in [-0.3, -0.25) is 20.2 Å². The zero-order valence-corrected chi connectivity index (χ0v) is 6.29. The van der Waals surface area contributed by atoms with Crippen LogP contribution in [0.25, 0.3) is 0 Å². The van der Waals surface area contributed by atoms with Gasteiger partial charge in [0.15, 0.2) is 0 Å². The van der Waals surface area contributed by atoms with Crippen molar-refractivity contribution in [2.24, 2.45) is 11.8 Å². The minimum Gasteiger partial charge on any atom is -0.277 e. The monoisotopic (exact) mass is 168 g/mol. The normalized spacial score (nSPS) is 25.2. The maximum absolute atomic E-state index is 11.1. The standard InChI is InChI=1S/C7H8N2O3/c10-5-4(3-1-2-3)6(11)9-7(12)8-5/h3-4H,1-2H2,(H2,8,9,10,11,12). The highest BCUT2D eigenvalue weighted by molar-refractivity contribution is 6.16. The Hall–Kier alpha value is -1.39. The number of carbonyl (C=O) groups excluding carboxylic acids is 3. The van der Waals surface area contributed by atoms with Crippen molar-refractivity contribution >= 4 is 17.8 Å². The Morgan fingerprint density at radius 2 is 1.50 bits per heavy atom. The molecule has 1 heterocycles. The predicted molar refractivity (Wildman–Crippen MR) is 37.9 cm³/mol. The predicted octanol–water partition coefficient (Wildman–Crippen LogP) is -0.621. The Morgan fingerprint density at radius 1 is 1.00 bits per heavy atom. The third kappa shape index (κ3) is 1.07. The molecule has 64 valence electrons. The molecule has 0 aromatic carbocycles. The van der Waals surface area contributed by atoms with Crippen molar-refractivity contribution in [2.45, 2.75) is 12.8 Å². The van der Waals surface area contributed by atoms with E-state index in [1.807, 2.05) is 0 Å². The summed E-state index contributed by atoms with van der Waals surface area (Å²) in [7, 11) is 0. The Kier molecular flexibility index (Phi) is 1.39. The largest absolute Gasteiger partial charge is 0.328 e. The van der Waals surface area contributed by atoms with Crippen LogP contribution in [0.1, 0.15) is 12.8 Å². The van der Waals surface area contributed by atoms with Gasteiger partial charge in [-0.05, 0) is 18.8 Å². The number of amides is 4. The molecule has 2 aliphatic rings. The van der Waals surface area contributed by atoms with Crippen molar-refractivity contribution in [1.29, 1.82) is 0 Å². The number of urea groups is 1. The molecule has 0 bridgehead atoms. The average Bonchev–Trinajstić information content (AvgIpc) is 2.68. The molecule has 2 rings (SSSR count). The molecule has 0 aromatic rings. The minimum absolute atomic E-state index is 0.151. The van der Waals surface area contributed by atoms with Crippen LogP contribution < -0.4 is 10.6 Å². The first kappa shape index (κ1) is 7.27. The van der Waals surface area contributed by atoms with Gasteiger partial charge in [-0.2, -0.15) is 0 Å². The molecule has 2 fully saturated rings. The minimum atomic E-state index is -0.707. The fourth-order valence-electron chi connectivity index (χ4n) is 1.39. The Bertz CT molecular complexity index is 250. The van der Waals surface area contributed by atoms with Gasteiger partial charge in [0, 0.05) is 0 Å². The first-order valence-electron chi connectivity index (χ1n) is 3.84. The van der Waals surface area contributed by atoms with Gasteiger partial charge in [0.1, 0.15) is 5.92 Å². The summed E-state index contributed by atoms with van der Waals surface area (Å²) in [5, 5.41) is 4.14. The van der Waals surface area contributed by atoms with E-state index in [0.717, 1.165) is 12.8 Å². The summed E-state index contributed by atoms with van der Waals surface area (Å²) in [6.07, 6.45) is 1.80. The average molecular weight is 168 g/mol. The molecule has 2 N–H and O–H groups in total. The molecule has 1 saturated carbocycles. The van der Waals surface area contributed by atoms with Crippen LogP contribution in [0.4, 0.5) is 4.79 Å². The lowest BCUT2D eigenvalue weighted by molar-refractivity contribution is -0.136. The van der Waals surface area contributed by atoms with Crippen molar-refractivity contribution in [1.82, 2.24) is 10.6 Å². The number of rotatable bonds is 1. The maximum Gasteiger partial charge on any atom is 0.328 e. The number of imide groups is 2. The van der Waals surface area contributed by atoms with Gasteiger partial charge in [-0.1, -0.05) is 0 Å². The smallest absolute Gasteiger partial charge is 0.277 e. The topological polar surface area (TPSA) is 75.3 Å². The second-order valence-corrected chi connectivity index (χ2v) is 3.12. The van der Waals surface area contributed by atoms with Crippen LogP contribution in [0.15, 0.2) is 0 Å². The molecule has 1 aliphatic heterocycles. The molecule has 5 heteroatoms. The fraction of sp³-hybridized carbons (Fsp3) is 0.571. The maximum atomic E-state index is 11.1. The van der Waals surface area contributed by atoms with Crippen molar-refractivity contribution in [3.8, 4) is 0 Å².